The SMILES string of the molecule is COC(=O)C1CC(=O)N(Cc2ccc3ccccc3c2)C12CCN(Cc1cnn(C)c1C)CC2. The Labute approximate surface area is 200 Å². The molecule has 2 aliphatic heterocycles. The van der Waals surface area contributed by atoms with Crippen LogP contribution in [0.5, 0.6) is 0 Å². The Bertz CT molecular complexity index is 1230. The standard InChI is InChI=1S/C27H32N4O3/c1-19-23(16-28-29(19)2)18-30-12-10-27(11-13-30)24(26(33)34-3)15-25(32)31(27)17-20-8-9-21-6-4-5-7-22(21)14-20/h4-9,14,16,24H,10-13,15,17-18H2,1-3H3. The van der Waals surface area contributed by atoms with E-state index in [0.29, 0.717) is 6.54 Å². The predicted octanol–water partition coefficient (Wildman–Crippen LogP) is 3.44. The van der Waals surface area contributed by atoms with Gasteiger partial charge in [0.25, 0.3) is 0 Å². The maximum Gasteiger partial charge on any atom is 0.311 e. The Morgan fingerprint density at radius 2 is 1.85 bits per heavy atom. The second-order valence-electron chi connectivity index (χ2n) is 9.70. The van der Waals surface area contributed by atoms with E-state index in [1.54, 1.807) is 0 Å². The minimum absolute atomic E-state index is 0.0418. The zero-order valence-corrected chi connectivity index (χ0v) is 20.2. The van der Waals surface area contributed by atoms with Gasteiger partial charge >= 0.3 is 5.97 Å². The Morgan fingerprint density at radius 1 is 1.12 bits per heavy atom. The lowest BCUT2D eigenvalue weighted by Gasteiger charge is -2.47. The first-order valence-corrected chi connectivity index (χ1v) is 12.0. The normalized spacial score (nSPS) is 20.4. The van der Waals surface area contributed by atoms with Gasteiger partial charge in [-0.2, -0.15) is 5.10 Å². The van der Waals surface area contributed by atoms with Crippen LogP contribution in [0.4, 0.5) is 0 Å². The first-order valence-electron chi connectivity index (χ1n) is 12.0. The van der Waals surface area contributed by atoms with Crippen molar-refractivity contribution in [2.75, 3.05) is 20.2 Å². The molecule has 0 aliphatic carbocycles. The molecule has 1 amide bonds. The number of aryl methyl sites for hydroxylation is 1. The molecule has 178 valence electrons. The number of carbonyl (C=O) groups is 2. The van der Waals surface area contributed by atoms with Gasteiger partial charge in [0.1, 0.15) is 0 Å². The number of piperidine rings is 1. The van der Waals surface area contributed by atoms with Gasteiger partial charge in [0.15, 0.2) is 0 Å². The van der Waals surface area contributed by atoms with Crippen LogP contribution in [0.3, 0.4) is 0 Å². The first-order chi connectivity index (χ1) is 16.4. The zero-order valence-electron chi connectivity index (χ0n) is 20.2. The first kappa shape index (κ1) is 22.6. The molecule has 2 aliphatic rings. The highest BCUT2D eigenvalue weighted by Crippen LogP contribution is 2.45. The van der Waals surface area contributed by atoms with E-state index in [2.05, 4.69) is 47.3 Å². The van der Waals surface area contributed by atoms with E-state index in [-0.39, 0.29) is 18.3 Å². The van der Waals surface area contributed by atoms with Crippen molar-refractivity contribution >= 4 is 22.6 Å². The van der Waals surface area contributed by atoms with Crippen molar-refractivity contribution in [2.45, 2.75) is 44.8 Å². The van der Waals surface area contributed by atoms with Crippen LogP contribution in [0.25, 0.3) is 10.8 Å². The molecule has 5 rings (SSSR count). The molecule has 1 atom stereocenters. The smallest absolute Gasteiger partial charge is 0.311 e. The summed E-state index contributed by atoms with van der Waals surface area (Å²) in [4.78, 5) is 30.4. The molecule has 1 spiro atoms. The van der Waals surface area contributed by atoms with Crippen LogP contribution in [0.15, 0.2) is 48.7 Å². The Hall–Kier alpha value is -3.19. The number of methoxy groups -OCH3 is 1. The van der Waals surface area contributed by atoms with Crippen molar-refractivity contribution in [1.29, 1.82) is 0 Å². The average Bonchev–Trinajstić information content (AvgIpc) is 3.31. The van der Waals surface area contributed by atoms with Crippen molar-refractivity contribution in [3.8, 4) is 0 Å². The molecule has 2 fully saturated rings. The molecule has 2 saturated heterocycles. The molecule has 7 heteroatoms. The number of nitrogens with zero attached hydrogens (tertiary/aromatic N) is 4. The third-order valence-electron chi connectivity index (χ3n) is 7.96. The van der Waals surface area contributed by atoms with Crippen LogP contribution in [0.2, 0.25) is 0 Å². The fraction of sp³-hybridized carbons (Fsp3) is 0.444. The highest BCUT2D eigenvalue weighted by atomic mass is 16.5. The highest BCUT2D eigenvalue weighted by molar-refractivity contribution is 5.89. The van der Waals surface area contributed by atoms with Gasteiger partial charge in [-0.25, -0.2) is 0 Å². The van der Waals surface area contributed by atoms with Gasteiger partial charge in [0.05, 0.1) is 24.8 Å². The molecule has 34 heavy (non-hydrogen) atoms. The van der Waals surface area contributed by atoms with Crippen LogP contribution in [-0.2, 0) is 34.5 Å². The summed E-state index contributed by atoms with van der Waals surface area (Å²) >= 11 is 0. The number of ether oxygens (including phenoxy) is 1. The molecule has 0 radical (unpaired) electrons. The third kappa shape index (κ3) is 3.88. The van der Waals surface area contributed by atoms with Gasteiger partial charge in [-0.15, -0.1) is 0 Å². The lowest BCUT2D eigenvalue weighted by atomic mass is 9.76. The molecule has 7 nitrogen and oxygen atoms in total. The van der Waals surface area contributed by atoms with E-state index in [0.717, 1.165) is 43.4 Å². The summed E-state index contributed by atoms with van der Waals surface area (Å²) < 4.78 is 7.06. The lowest BCUT2D eigenvalue weighted by Crippen LogP contribution is -2.57. The van der Waals surface area contributed by atoms with Crippen molar-refractivity contribution in [2.24, 2.45) is 13.0 Å². The topological polar surface area (TPSA) is 67.7 Å². The highest BCUT2D eigenvalue weighted by Gasteiger charge is 2.56. The van der Waals surface area contributed by atoms with E-state index < -0.39 is 11.5 Å². The van der Waals surface area contributed by atoms with E-state index >= 15 is 0 Å². The quantitative estimate of drug-likeness (QED) is 0.546. The van der Waals surface area contributed by atoms with E-state index in [1.807, 2.05) is 35.0 Å². The summed E-state index contributed by atoms with van der Waals surface area (Å²) in [6, 6.07) is 14.6. The number of hydrogen-bond acceptors (Lipinski definition) is 5. The maximum atomic E-state index is 13.3. The number of amides is 1. The van der Waals surface area contributed by atoms with Gasteiger partial charge in [-0.3, -0.25) is 19.2 Å². The summed E-state index contributed by atoms with van der Waals surface area (Å²) in [5.74, 6) is -0.654. The molecule has 3 heterocycles. The van der Waals surface area contributed by atoms with Gasteiger partial charge in [0.2, 0.25) is 5.91 Å². The number of aromatic nitrogens is 2. The second kappa shape index (κ2) is 8.87. The minimum atomic E-state index is -0.504. The predicted molar refractivity (Wildman–Crippen MR) is 130 cm³/mol. The van der Waals surface area contributed by atoms with Crippen LogP contribution < -0.4 is 0 Å². The molecule has 0 N–H and O–H groups in total. The molecular formula is C27H32N4O3. The Kier molecular flexibility index (Phi) is 5.90. The van der Waals surface area contributed by atoms with E-state index in [4.69, 9.17) is 4.74 Å². The molecule has 3 aromatic rings. The molecule has 1 aromatic heterocycles. The summed E-state index contributed by atoms with van der Waals surface area (Å²) in [6.45, 7) is 5.07. The number of fused-ring (bicyclic) bond motifs is 1. The fourth-order valence-electron chi connectivity index (χ4n) is 5.78. The molecule has 0 saturated carbocycles. The van der Waals surface area contributed by atoms with Crippen molar-refractivity contribution in [3.05, 3.63) is 65.5 Å². The Balaban J connectivity index is 1.39. The van der Waals surface area contributed by atoms with Crippen LogP contribution in [0.1, 0.15) is 36.1 Å². The summed E-state index contributed by atoms with van der Waals surface area (Å²) in [5.41, 5.74) is 2.97. The second-order valence-corrected chi connectivity index (χ2v) is 9.70. The zero-order chi connectivity index (χ0) is 23.9. The number of rotatable bonds is 5. The largest absolute Gasteiger partial charge is 0.469 e. The number of carbonyl (C=O) groups excluding carboxylic acids is 2. The van der Waals surface area contributed by atoms with Gasteiger partial charge in [-0.05, 0) is 42.2 Å². The minimum Gasteiger partial charge on any atom is -0.469 e. The molecule has 2 aromatic carbocycles. The molecule has 0 bridgehead atoms. The number of benzene rings is 2. The molecule has 1 unspecified atom stereocenters. The maximum absolute atomic E-state index is 13.3. The van der Waals surface area contributed by atoms with Crippen molar-refractivity contribution in [3.63, 3.8) is 0 Å². The van der Waals surface area contributed by atoms with E-state index in [1.165, 1.54) is 23.8 Å². The summed E-state index contributed by atoms with van der Waals surface area (Å²) in [5, 5.41) is 6.71. The summed E-state index contributed by atoms with van der Waals surface area (Å²) in [6.07, 6.45) is 3.67. The third-order valence-corrected chi connectivity index (χ3v) is 7.96. The average molecular weight is 461 g/mol. The monoisotopic (exact) mass is 460 g/mol. The van der Waals surface area contributed by atoms with Gasteiger partial charge in [0, 0.05) is 50.9 Å². The number of likely N-dealkylation sites (tertiary alicyclic amines) is 2. The number of hydrogen-bond donors (Lipinski definition) is 0. The lowest BCUT2D eigenvalue weighted by molar-refractivity contribution is -0.150. The van der Waals surface area contributed by atoms with Gasteiger partial charge in [-0.1, -0.05) is 36.4 Å². The summed E-state index contributed by atoms with van der Waals surface area (Å²) in [7, 11) is 3.38. The van der Waals surface area contributed by atoms with Crippen molar-refractivity contribution in [1.82, 2.24) is 19.6 Å². The number of esters is 1. The van der Waals surface area contributed by atoms with Crippen LogP contribution in [0, 0.1) is 12.8 Å². The van der Waals surface area contributed by atoms with Crippen LogP contribution >= 0.6 is 0 Å². The molecular weight excluding hydrogens is 428 g/mol. The Morgan fingerprint density at radius 3 is 2.53 bits per heavy atom. The van der Waals surface area contributed by atoms with Gasteiger partial charge < -0.3 is 9.64 Å². The van der Waals surface area contributed by atoms with Crippen molar-refractivity contribution < 1.29 is 14.3 Å². The van der Waals surface area contributed by atoms with E-state index in [9.17, 15) is 9.59 Å². The fourth-order valence-corrected chi connectivity index (χ4v) is 5.78. The van der Waals surface area contributed by atoms with Crippen LogP contribution in [-0.4, -0.2) is 57.2 Å².